The molecule has 1 atom stereocenters. The van der Waals surface area contributed by atoms with E-state index >= 15 is 0 Å². The summed E-state index contributed by atoms with van der Waals surface area (Å²) in [7, 11) is -3.30. The van der Waals surface area contributed by atoms with Gasteiger partial charge < -0.3 is 4.90 Å². The molecule has 1 aliphatic rings. The zero-order chi connectivity index (χ0) is 15.7. The average molecular weight is 323 g/mol. The topological polar surface area (TPSA) is 62.3 Å². The first-order valence-corrected chi connectivity index (χ1v) is 8.30. The fourth-order valence-corrected chi connectivity index (χ4v) is 3.12. The lowest BCUT2D eigenvalue weighted by Crippen LogP contribution is -2.47. The first-order valence-electron chi connectivity index (χ1n) is 6.41. The minimum Gasteiger partial charge on any atom is -0.355 e. The summed E-state index contributed by atoms with van der Waals surface area (Å²) >= 11 is 0. The second-order valence-corrected chi connectivity index (χ2v) is 6.86. The number of hydrogen-bond acceptors (Lipinski definition) is 4. The first kappa shape index (κ1) is 16.0. The van der Waals surface area contributed by atoms with Crippen LogP contribution in [0.3, 0.4) is 0 Å². The fourth-order valence-electron chi connectivity index (χ4n) is 2.32. The molecule has 2 heterocycles. The molecule has 1 N–H and O–H groups in total. The third-order valence-corrected chi connectivity index (χ3v) is 3.96. The van der Waals surface area contributed by atoms with Crippen LogP contribution in [0.1, 0.15) is 18.4 Å². The van der Waals surface area contributed by atoms with Gasteiger partial charge in [0.05, 0.1) is 11.8 Å². The number of anilines is 1. The van der Waals surface area contributed by atoms with Crippen LogP contribution in [0.15, 0.2) is 18.3 Å². The molecule has 2 rings (SSSR count). The van der Waals surface area contributed by atoms with Gasteiger partial charge in [0.15, 0.2) is 0 Å². The maximum absolute atomic E-state index is 12.5. The predicted octanol–water partition coefficient (Wildman–Crippen LogP) is 1.62. The lowest BCUT2D eigenvalue weighted by Gasteiger charge is -2.33. The Morgan fingerprint density at radius 3 is 2.62 bits per heavy atom. The quantitative estimate of drug-likeness (QED) is 0.918. The van der Waals surface area contributed by atoms with Gasteiger partial charge in [-0.3, -0.25) is 0 Å². The molecule has 5 nitrogen and oxygen atoms in total. The van der Waals surface area contributed by atoms with E-state index in [-0.39, 0.29) is 6.04 Å². The molecule has 0 spiro atoms. The van der Waals surface area contributed by atoms with E-state index in [1.165, 1.54) is 6.07 Å². The van der Waals surface area contributed by atoms with Crippen LogP contribution in [0.2, 0.25) is 0 Å². The van der Waals surface area contributed by atoms with Crippen molar-refractivity contribution in [2.45, 2.75) is 25.1 Å². The molecule has 1 aliphatic heterocycles. The molecule has 0 bridgehead atoms. The van der Waals surface area contributed by atoms with E-state index in [1.807, 2.05) is 0 Å². The summed E-state index contributed by atoms with van der Waals surface area (Å²) in [5.41, 5.74) is -0.797. The number of nitrogens with zero attached hydrogens (tertiary/aromatic N) is 2. The molecule has 0 amide bonds. The lowest BCUT2D eigenvalue weighted by molar-refractivity contribution is -0.137. The number of aromatic nitrogens is 1. The van der Waals surface area contributed by atoms with E-state index in [9.17, 15) is 21.6 Å². The normalized spacial score (nSPS) is 20.6. The highest BCUT2D eigenvalue weighted by Crippen LogP contribution is 2.29. The van der Waals surface area contributed by atoms with Crippen LogP contribution in [0.25, 0.3) is 0 Å². The Labute approximate surface area is 121 Å². The summed E-state index contributed by atoms with van der Waals surface area (Å²) < 4.78 is 62.4. The van der Waals surface area contributed by atoms with Crippen molar-refractivity contribution >= 4 is 15.8 Å². The van der Waals surface area contributed by atoms with Crippen LogP contribution in [0, 0.1) is 0 Å². The molecule has 0 saturated carbocycles. The number of hydrogen-bond donors (Lipinski definition) is 1. The third kappa shape index (κ3) is 4.57. The molecule has 21 heavy (non-hydrogen) atoms. The second kappa shape index (κ2) is 5.80. The molecule has 0 unspecified atom stereocenters. The standard InChI is InChI=1S/C12H16F3N3O2S/c1-21(19,20)17-10-3-2-6-18(8-10)11-5-4-9(7-16-11)12(13,14)15/h4-5,7,10,17H,2-3,6,8H2,1H3/t10-/m0/s1. The lowest BCUT2D eigenvalue weighted by atomic mass is 10.1. The maximum Gasteiger partial charge on any atom is 0.417 e. The molecule has 118 valence electrons. The van der Waals surface area contributed by atoms with Gasteiger partial charge in [-0.2, -0.15) is 13.2 Å². The monoisotopic (exact) mass is 323 g/mol. The minimum absolute atomic E-state index is 0.252. The highest BCUT2D eigenvalue weighted by Gasteiger charge is 2.31. The zero-order valence-electron chi connectivity index (χ0n) is 11.4. The number of sulfonamides is 1. The summed E-state index contributed by atoms with van der Waals surface area (Å²) in [6, 6.07) is 2.04. The SMILES string of the molecule is CS(=O)(=O)N[C@H]1CCCN(c2ccc(C(F)(F)F)cn2)C1. The summed E-state index contributed by atoms with van der Waals surface area (Å²) in [4.78, 5) is 5.61. The number of halogens is 3. The largest absolute Gasteiger partial charge is 0.417 e. The van der Waals surface area contributed by atoms with Gasteiger partial charge in [-0.15, -0.1) is 0 Å². The van der Waals surface area contributed by atoms with Crippen LogP contribution in [-0.2, 0) is 16.2 Å². The first-order chi connectivity index (χ1) is 9.65. The van der Waals surface area contributed by atoms with Crippen molar-refractivity contribution in [3.05, 3.63) is 23.9 Å². The van der Waals surface area contributed by atoms with Gasteiger partial charge in [-0.05, 0) is 25.0 Å². The number of pyridine rings is 1. The number of alkyl halides is 3. The van der Waals surface area contributed by atoms with Crippen LogP contribution < -0.4 is 9.62 Å². The minimum atomic E-state index is -4.41. The van der Waals surface area contributed by atoms with Gasteiger partial charge in [0, 0.05) is 25.3 Å². The molecule has 0 radical (unpaired) electrons. The van der Waals surface area contributed by atoms with Gasteiger partial charge in [0.1, 0.15) is 5.82 Å². The Bertz CT molecular complexity index is 587. The van der Waals surface area contributed by atoms with Gasteiger partial charge in [0.25, 0.3) is 0 Å². The van der Waals surface area contributed by atoms with Gasteiger partial charge in [-0.25, -0.2) is 18.1 Å². The van der Waals surface area contributed by atoms with Gasteiger partial charge in [-0.1, -0.05) is 0 Å². The van der Waals surface area contributed by atoms with E-state index in [1.54, 1.807) is 4.90 Å². The highest BCUT2D eigenvalue weighted by atomic mass is 32.2. The van der Waals surface area contributed by atoms with Crippen LogP contribution in [0.5, 0.6) is 0 Å². The van der Waals surface area contributed by atoms with E-state index in [0.29, 0.717) is 25.3 Å². The van der Waals surface area contributed by atoms with Crippen molar-refractivity contribution in [2.75, 3.05) is 24.2 Å². The van der Waals surface area contributed by atoms with Crippen LogP contribution >= 0.6 is 0 Å². The van der Waals surface area contributed by atoms with Gasteiger partial charge >= 0.3 is 6.18 Å². The van der Waals surface area contributed by atoms with Crippen molar-refractivity contribution in [1.82, 2.24) is 9.71 Å². The Kier molecular flexibility index (Phi) is 4.43. The Balaban J connectivity index is 2.08. The number of piperidine rings is 1. The van der Waals surface area contributed by atoms with Crippen molar-refractivity contribution < 1.29 is 21.6 Å². The second-order valence-electron chi connectivity index (χ2n) is 5.08. The van der Waals surface area contributed by atoms with Crippen molar-refractivity contribution in [3.63, 3.8) is 0 Å². The van der Waals surface area contributed by atoms with E-state index in [2.05, 4.69) is 9.71 Å². The van der Waals surface area contributed by atoms with Crippen LogP contribution in [-0.4, -0.2) is 38.8 Å². The molecule has 1 aromatic heterocycles. The number of rotatable bonds is 3. The summed E-state index contributed by atoms with van der Waals surface area (Å²) in [5.74, 6) is 0.419. The molecule has 0 aromatic carbocycles. The predicted molar refractivity (Wildman–Crippen MR) is 72.5 cm³/mol. The molecule has 1 saturated heterocycles. The molecule has 0 aliphatic carbocycles. The van der Waals surface area contributed by atoms with Gasteiger partial charge in [0.2, 0.25) is 10.0 Å². The summed E-state index contributed by atoms with van der Waals surface area (Å²) in [6.07, 6.45) is -1.08. The summed E-state index contributed by atoms with van der Waals surface area (Å²) in [5, 5.41) is 0. The van der Waals surface area contributed by atoms with E-state index < -0.39 is 21.8 Å². The molecule has 9 heteroatoms. The van der Waals surface area contributed by atoms with E-state index in [4.69, 9.17) is 0 Å². The third-order valence-electron chi connectivity index (χ3n) is 3.20. The number of nitrogens with one attached hydrogen (secondary N) is 1. The Hall–Kier alpha value is -1.35. The van der Waals surface area contributed by atoms with Crippen molar-refractivity contribution in [1.29, 1.82) is 0 Å². The van der Waals surface area contributed by atoms with E-state index in [0.717, 1.165) is 24.9 Å². The fraction of sp³-hybridized carbons (Fsp3) is 0.583. The highest BCUT2D eigenvalue weighted by molar-refractivity contribution is 7.88. The van der Waals surface area contributed by atoms with Crippen LogP contribution in [0.4, 0.5) is 19.0 Å². The van der Waals surface area contributed by atoms with Crippen molar-refractivity contribution in [2.24, 2.45) is 0 Å². The molecular formula is C12H16F3N3O2S. The molecular weight excluding hydrogens is 307 g/mol. The average Bonchev–Trinajstić information content (AvgIpc) is 2.36. The smallest absolute Gasteiger partial charge is 0.355 e. The zero-order valence-corrected chi connectivity index (χ0v) is 12.2. The summed E-state index contributed by atoms with van der Waals surface area (Å²) in [6.45, 7) is 1.03. The molecule has 1 fully saturated rings. The molecule has 1 aromatic rings. The Morgan fingerprint density at radius 2 is 2.10 bits per heavy atom. The maximum atomic E-state index is 12.5. The Morgan fingerprint density at radius 1 is 1.38 bits per heavy atom. The van der Waals surface area contributed by atoms with Crippen molar-refractivity contribution in [3.8, 4) is 0 Å².